The van der Waals surface area contributed by atoms with Gasteiger partial charge in [0.2, 0.25) is 0 Å². The molecule has 1 heterocycles. The van der Waals surface area contributed by atoms with E-state index >= 15 is 0 Å². The van der Waals surface area contributed by atoms with Crippen molar-refractivity contribution >= 4 is 11.7 Å². The minimum Gasteiger partial charge on any atom is -0.481 e. The van der Waals surface area contributed by atoms with Gasteiger partial charge in [0, 0.05) is 18.3 Å². The summed E-state index contributed by atoms with van der Waals surface area (Å²) < 4.78 is 0. The number of aliphatic carboxylic acids is 1. The van der Waals surface area contributed by atoms with Gasteiger partial charge in [0.25, 0.3) is 0 Å². The van der Waals surface area contributed by atoms with Gasteiger partial charge in [0.05, 0.1) is 18.1 Å². The summed E-state index contributed by atoms with van der Waals surface area (Å²) in [7, 11) is 0. The molecule has 1 aromatic rings. The SMILES string of the molecule is Cc1cc(C#N)ccc1N1CCCC1CC(=O)O. The average Bonchev–Trinajstić information content (AvgIpc) is 2.76. The van der Waals surface area contributed by atoms with Crippen molar-refractivity contribution in [2.24, 2.45) is 0 Å². The second-order valence-corrected chi connectivity index (χ2v) is 4.70. The second kappa shape index (κ2) is 5.09. The van der Waals surface area contributed by atoms with Crippen molar-refractivity contribution in [1.82, 2.24) is 0 Å². The van der Waals surface area contributed by atoms with Crippen LogP contribution in [0.4, 0.5) is 5.69 Å². The Balaban J connectivity index is 2.25. The van der Waals surface area contributed by atoms with Crippen LogP contribution in [-0.4, -0.2) is 23.7 Å². The summed E-state index contributed by atoms with van der Waals surface area (Å²) in [6.07, 6.45) is 2.13. The number of rotatable bonds is 3. The minimum atomic E-state index is -0.752. The van der Waals surface area contributed by atoms with E-state index in [-0.39, 0.29) is 12.5 Å². The Morgan fingerprint density at radius 3 is 3.00 bits per heavy atom. The molecule has 94 valence electrons. The lowest BCUT2D eigenvalue weighted by atomic mass is 10.1. The van der Waals surface area contributed by atoms with E-state index in [1.807, 2.05) is 19.1 Å². The molecule has 0 amide bonds. The van der Waals surface area contributed by atoms with Crippen LogP contribution in [0.25, 0.3) is 0 Å². The van der Waals surface area contributed by atoms with Crippen LogP contribution in [0, 0.1) is 18.3 Å². The molecule has 1 fully saturated rings. The number of carboxylic acid groups (broad SMARTS) is 1. The summed E-state index contributed by atoms with van der Waals surface area (Å²) >= 11 is 0. The minimum absolute atomic E-state index is 0.0779. The third-order valence-corrected chi connectivity index (χ3v) is 3.42. The zero-order chi connectivity index (χ0) is 13.1. The largest absolute Gasteiger partial charge is 0.481 e. The van der Waals surface area contributed by atoms with E-state index in [4.69, 9.17) is 10.4 Å². The zero-order valence-electron chi connectivity index (χ0n) is 10.4. The molecule has 1 saturated heterocycles. The molecular weight excluding hydrogens is 228 g/mol. The quantitative estimate of drug-likeness (QED) is 0.886. The Hall–Kier alpha value is -2.02. The third-order valence-electron chi connectivity index (χ3n) is 3.42. The van der Waals surface area contributed by atoms with Crippen LogP contribution < -0.4 is 4.90 Å². The molecule has 4 nitrogen and oxygen atoms in total. The van der Waals surface area contributed by atoms with Gasteiger partial charge in [-0.05, 0) is 43.5 Å². The Morgan fingerprint density at radius 2 is 2.39 bits per heavy atom. The van der Waals surface area contributed by atoms with E-state index in [1.165, 1.54) is 0 Å². The molecular formula is C14H16N2O2. The molecule has 4 heteroatoms. The molecule has 0 spiro atoms. The molecule has 18 heavy (non-hydrogen) atoms. The van der Waals surface area contributed by atoms with Crippen molar-refractivity contribution in [2.45, 2.75) is 32.2 Å². The molecule has 0 aromatic heterocycles. The molecule has 1 aromatic carbocycles. The summed E-state index contributed by atoms with van der Waals surface area (Å²) in [6.45, 7) is 2.86. The lowest BCUT2D eigenvalue weighted by molar-refractivity contribution is -0.137. The van der Waals surface area contributed by atoms with Gasteiger partial charge in [-0.3, -0.25) is 4.79 Å². The highest BCUT2D eigenvalue weighted by atomic mass is 16.4. The standard InChI is InChI=1S/C14H16N2O2/c1-10-7-11(9-15)4-5-13(10)16-6-2-3-12(16)8-14(17)18/h4-5,7,12H,2-3,6,8H2,1H3,(H,17,18). The highest BCUT2D eigenvalue weighted by Crippen LogP contribution is 2.30. The summed E-state index contributed by atoms with van der Waals surface area (Å²) in [5, 5.41) is 17.8. The first kappa shape index (κ1) is 12.4. The fraction of sp³-hybridized carbons (Fsp3) is 0.429. The summed E-state index contributed by atoms with van der Waals surface area (Å²) in [6, 6.07) is 7.76. The van der Waals surface area contributed by atoms with Crippen LogP contribution in [0.2, 0.25) is 0 Å². The average molecular weight is 244 g/mol. The smallest absolute Gasteiger partial charge is 0.305 e. The molecule has 0 aliphatic carbocycles. The van der Waals surface area contributed by atoms with E-state index in [0.29, 0.717) is 5.56 Å². The zero-order valence-corrected chi connectivity index (χ0v) is 10.4. The van der Waals surface area contributed by atoms with Crippen LogP contribution in [0.15, 0.2) is 18.2 Å². The first-order valence-corrected chi connectivity index (χ1v) is 6.11. The first-order valence-electron chi connectivity index (χ1n) is 6.11. The maximum atomic E-state index is 10.8. The van der Waals surface area contributed by atoms with Crippen molar-refractivity contribution in [3.05, 3.63) is 29.3 Å². The number of hydrogen-bond donors (Lipinski definition) is 1. The van der Waals surface area contributed by atoms with Crippen molar-refractivity contribution in [2.75, 3.05) is 11.4 Å². The van der Waals surface area contributed by atoms with Crippen LogP contribution in [0.3, 0.4) is 0 Å². The Bertz CT molecular complexity index is 505. The van der Waals surface area contributed by atoms with Crippen LogP contribution in [-0.2, 0) is 4.79 Å². The maximum absolute atomic E-state index is 10.8. The van der Waals surface area contributed by atoms with Gasteiger partial charge in [0.1, 0.15) is 0 Å². The maximum Gasteiger partial charge on any atom is 0.305 e. The molecule has 0 bridgehead atoms. The van der Waals surface area contributed by atoms with Gasteiger partial charge in [-0.1, -0.05) is 0 Å². The number of nitrogens with zero attached hydrogens (tertiary/aromatic N) is 2. The summed E-state index contributed by atoms with van der Waals surface area (Å²) in [5.41, 5.74) is 2.73. The monoisotopic (exact) mass is 244 g/mol. The lowest BCUT2D eigenvalue weighted by Crippen LogP contribution is -2.31. The molecule has 1 N–H and O–H groups in total. The molecule has 1 unspecified atom stereocenters. The van der Waals surface area contributed by atoms with Crippen molar-refractivity contribution in [3.8, 4) is 6.07 Å². The number of benzene rings is 1. The number of carboxylic acids is 1. The van der Waals surface area contributed by atoms with Gasteiger partial charge in [0.15, 0.2) is 0 Å². The van der Waals surface area contributed by atoms with Gasteiger partial charge in [-0.15, -0.1) is 0 Å². The lowest BCUT2D eigenvalue weighted by Gasteiger charge is -2.27. The summed E-state index contributed by atoms with van der Waals surface area (Å²) in [5.74, 6) is -0.752. The molecule has 1 aliphatic rings. The fourth-order valence-corrected chi connectivity index (χ4v) is 2.61. The van der Waals surface area contributed by atoms with E-state index in [2.05, 4.69) is 11.0 Å². The predicted molar refractivity (Wildman–Crippen MR) is 68.5 cm³/mol. The van der Waals surface area contributed by atoms with E-state index in [1.54, 1.807) is 6.07 Å². The van der Waals surface area contributed by atoms with Gasteiger partial charge in [-0.2, -0.15) is 5.26 Å². The Labute approximate surface area is 106 Å². The van der Waals surface area contributed by atoms with E-state index < -0.39 is 5.97 Å². The van der Waals surface area contributed by atoms with Crippen molar-refractivity contribution < 1.29 is 9.90 Å². The molecule has 0 saturated carbocycles. The van der Waals surface area contributed by atoms with E-state index in [0.717, 1.165) is 30.6 Å². The fourth-order valence-electron chi connectivity index (χ4n) is 2.61. The van der Waals surface area contributed by atoms with Crippen molar-refractivity contribution in [3.63, 3.8) is 0 Å². The van der Waals surface area contributed by atoms with Gasteiger partial charge in [-0.25, -0.2) is 0 Å². The number of carbonyl (C=O) groups is 1. The summed E-state index contributed by atoms with van der Waals surface area (Å²) in [4.78, 5) is 13.0. The van der Waals surface area contributed by atoms with E-state index in [9.17, 15) is 4.79 Å². The van der Waals surface area contributed by atoms with Crippen LogP contribution >= 0.6 is 0 Å². The highest BCUT2D eigenvalue weighted by molar-refractivity contribution is 5.69. The molecule has 0 radical (unpaired) electrons. The van der Waals surface area contributed by atoms with Crippen molar-refractivity contribution in [1.29, 1.82) is 5.26 Å². The number of aryl methyl sites for hydroxylation is 1. The first-order chi connectivity index (χ1) is 8.61. The Kier molecular flexibility index (Phi) is 3.52. The van der Waals surface area contributed by atoms with Crippen LogP contribution in [0.1, 0.15) is 30.4 Å². The number of hydrogen-bond acceptors (Lipinski definition) is 3. The Morgan fingerprint density at radius 1 is 1.61 bits per heavy atom. The topological polar surface area (TPSA) is 64.3 Å². The normalized spacial score (nSPS) is 18.7. The third kappa shape index (κ3) is 2.45. The highest BCUT2D eigenvalue weighted by Gasteiger charge is 2.27. The van der Waals surface area contributed by atoms with Gasteiger partial charge < -0.3 is 10.0 Å². The number of nitriles is 1. The second-order valence-electron chi connectivity index (χ2n) is 4.70. The predicted octanol–water partition coefficient (Wildman–Crippen LogP) is 2.31. The molecule has 1 atom stereocenters. The number of anilines is 1. The van der Waals surface area contributed by atoms with Crippen LogP contribution in [0.5, 0.6) is 0 Å². The van der Waals surface area contributed by atoms with Gasteiger partial charge >= 0.3 is 5.97 Å². The molecule has 2 rings (SSSR count). The molecule has 1 aliphatic heterocycles.